The van der Waals surface area contributed by atoms with Crippen LogP contribution < -0.4 is 0 Å². The van der Waals surface area contributed by atoms with E-state index in [9.17, 15) is 15.0 Å². The number of allylic oxidation sites excluding steroid dienone is 1. The third-order valence-electron chi connectivity index (χ3n) is 4.62. The summed E-state index contributed by atoms with van der Waals surface area (Å²) in [7, 11) is 0. The lowest BCUT2D eigenvalue weighted by atomic mass is 9.74. The van der Waals surface area contributed by atoms with Gasteiger partial charge < -0.3 is 10.2 Å². The number of aryl methyl sites for hydroxylation is 1. The number of carboxylic acid groups (broad SMARTS) is 1. The van der Waals surface area contributed by atoms with Gasteiger partial charge in [0, 0.05) is 5.57 Å². The minimum Gasteiger partial charge on any atom is -0.508 e. The number of phenols is 1. The molecule has 0 unspecified atom stereocenters. The van der Waals surface area contributed by atoms with Crippen LogP contribution in [0.25, 0.3) is 5.57 Å². The van der Waals surface area contributed by atoms with Gasteiger partial charge in [0.15, 0.2) is 0 Å². The molecular weight excluding hydrogens is 252 g/mol. The minimum atomic E-state index is -0.792. The lowest BCUT2D eigenvalue weighted by Gasteiger charge is -2.30. The summed E-state index contributed by atoms with van der Waals surface area (Å²) in [5.74, 6) is -0.223. The second-order valence-electron chi connectivity index (χ2n) is 5.87. The first kappa shape index (κ1) is 13.2. The van der Waals surface area contributed by atoms with E-state index in [0.29, 0.717) is 17.9 Å². The van der Waals surface area contributed by atoms with Crippen LogP contribution >= 0.6 is 0 Å². The Balaban J connectivity index is 2.12. The zero-order valence-corrected chi connectivity index (χ0v) is 11.6. The lowest BCUT2D eigenvalue weighted by Crippen LogP contribution is -2.19. The average Bonchev–Trinajstić information content (AvgIpc) is 2.46. The second kappa shape index (κ2) is 5.31. The highest BCUT2D eigenvalue weighted by Gasteiger charge is 2.29. The number of fused-ring (bicyclic) bond motifs is 1. The number of carboxylic acids is 1. The molecule has 0 spiro atoms. The van der Waals surface area contributed by atoms with Gasteiger partial charge in [-0.05, 0) is 60.4 Å². The molecule has 0 aromatic heterocycles. The molecular formula is C17H20O3. The molecule has 3 nitrogen and oxygen atoms in total. The first-order valence-electron chi connectivity index (χ1n) is 7.45. The van der Waals surface area contributed by atoms with Crippen molar-refractivity contribution < 1.29 is 15.0 Å². The third-order valence-corrected chi connectivity index (χ3v) is 4.62. The number of benzene rings is 1. The molecule has 1 fully saturated rings. The number of rotatable bonds is 2. The van der Waals surface area contributed by atoms with Gasteiger partial charge in [-0.25, -0.2) is 4.79 Å². The Kier molecular flexibility index (Phi) is 3.51. The first-order valence-corrected chi connectivity index (χ1v) is 7.45. The Hall–Kier alpha value is -1.77. The summed E-state index contributed by atoms with van der Waals surface area (Å²) < 4.78 is 0. The highest BCUT2D eigenvalue weighted by Crippen LogP contribution is 2.43. The van der Waals surface area contributed by atoms with E-state index < -0.39 is 5.97 Å². The molecule has 1 aromatic carbocycles. The standard InChI is InChI=1S/C17H20O3/c18-13-8-6-11-7-9-14(17(19)20)16(15(11)10-13)12-4-2-1-3-5-12/h6,8,10,12,18H,1-5,7,9H2,(H,19,20). The summed E-state index contributed by atoms with van der Waals surface area (Å²) in [5.41, 5.74) is 3.71. The van der Waals surface area contributed by atoms with E-state index in [1.165, 1.54) is 24.8 Å². The quantitative estimate of drug-likeness (QED) is 0.862. The molecule has 0 aliphatic heterocycles. The Labute approximate surface area is 118 Å². The van der Waals surface area contributed by atoms with Crippen molar-refractivity contribution in [3.05, 3.63) is 34.9 Å². The van der Waals surface area contributed by atoms with E-state index in [1.54, 1.807) is 12.1 Å². The van der Waals surface area contributed by atoms with Crippen LogP contribution in [0.4, 0.5) is 0 Å². The molecule has 3 rings (SSSR count). The topological polar surface area (TPSA) is 57.5 Å². The SMILES string of the molecule is O=C(O)C1=C(C2CCCCC2)c2cc(O)ccc2CC1. The van der Waals surface area contributed by atoms with Crippen LogP contribution in [0, 0.1) is 5.92 Å². The summed E-state index contributed by atoms with van der Waals surface area (Å²) in [6, 6.07) is 5.39. The van der Waals surface area contributed by atoms with Gasteiger partial charge in [0.05, 0.1) is 0 Å². The normalized spacial score (nSPS) is 19.8. The molecule has 2 N–H and O–H groups in total. The highest BCUT2D eigenvalue weighted by atomic mass is 16.4. The van der Waals surface area contributed by atoms with Gasteiger partial charge >= 0.3 is 5.97 Å². The van der Waals surface area contributed by atoms with Gasteiger partial charge in [0.25, 0.3) is 0 Å². The molecule has 20 heavy (non-hydrogen) atoms. The second-order valence-corrected chi connectivity index (χ2v) is 5.87. The number of hydrogen-bond donors (Lipinski definition) is 2. The predicted octanol–water partition coefficient (Wildman–Crippen LogP) is 3.76. The Bertz CT molecular complexity index is 566. The van der Waals surface area contributed by atoms with Crippen LogP contribution in [-0.4, -0.2) is 16.2 Å². The Morgan fingerprint density at radius 1 is 1.10 bits per heavy atom. The molecule has 0 atom stereocenters. The van der Waals surface area contributed by atoms with E-state index in [1.807, 2.05) is 6.07 Å². The molecule has 2 aliphatic rings. The number of aliphatic carboxylic acids is 1. The zero-order chi connectivity index (χ0) is 14.1. The summed E-state index contributed by atoms with van der Waals surface area (Å²) >= 11 is 0. The van der Waals surface area contributed by atoms with Crippen LogP contribution in [0.2, 0.25) is 0 Å². The molecule has 0 saturated heterocycles. The van der Waals surface area contributed by atoms with E-state index in [4.69, 9.17) is 0 Å². The van der Waals surface area contributed by atoms with E-state index in [2.05, 4.69) is 0 Å². The van der Waals surface area contributed by atoms with Crippen molar-refractivity contribution in [1.82, 2.24) is 0 Å². The minimum absolute atomic E-state index is 0.226. The maximum absolute atomic E-state index is 11.6. The van der Waals surface area contributed by atoms with Crippen molar-refractivity contribution in [2.45, 2.75) is 44.9 Å². The zero-order valence-electron chi connectivity index (χ0n) is 11.6. The Morgan fingerprint density at radius 3 is 2.55 bits per heavy atom. The highest BCUT2D eigenvalue weighted by molar-refractivity contribution is 5.98. The molecule has 0 amide bonds. The number of phenolic OH excluding ortho intramolecular Hbond substituents is 1. The smallest absolute Gasteiger partial charge is 0.331 e. The maximum Gasteiger partial charge on any atom is 0.331 e. The first-order chi connectivity index (χ1) is 9.66. The molecule has 0 heterocycles. The van der Waals surface area contributed by atoms with E-state index >= 15 is 0 Å². The maximum atomic E-state index is 11.6. The van der Waals surface area contributed by atoms with Crippen LogP contribution in [-0.2, 0) is 11.2 Å². The molecule has 1 aromatic rings. The fraction of sp³-hybridized carbons (Fsp3) is 0.471. The largest absolute Gasteiger partial charge is 0.508 e. The Morgan fingerprint density at radius 2 is 1.85 bits per heavy atom. The van der Waals surface area contributed by atoms with Crippen LogP contribution in [0.1, 0.15) is 49.7 Å². The number of hydrogen-bond acceptors (Lipinski definition) is 2. The van der Waals surface area contributed by atoms with Crippen molar-refractivity contribution >= 4 is 11.5 Å². The summed E-state index contributed by atoms with van der Waals surface area (Å²) in [4.78, 5) is 11.6. The van der Waals surface area contributed by atoms with E-state index in [0.717, 1.165) is 30.4 Å². The summed E-state index contributed by atoms with van der Waals surface area (Å²) in [5, 5.41) is 19.3. The van der Waals surface area contributed by atoms with Gasteiger partial charge in [0.1, 0.15) is 5.75 Å². The van der Waals surface area contributed by atoms with Crippen molar-refractivity contribution in [3.8, 4) is 5.75 Å². The fourth-order valence-corrected chi connectivity index (χ4v) is 3.67. The molecule has 2 aliphatic carbocycles. The van der Waals surface area contributed by atoms with Gasteiger partial charge in [0.2, 0.25) is 0 Å². The van der Waals surface area contributed by atoms with Gasteiger partial charge in [-0.2, -0.15) is 0 Å². The average molecular weight is 272 g/mol. The van der Waals surface area contributed by atoms with Crippen molar-refractivity contribution in [2.24, 2.45) is 5.92 Å². The van der Waals surface area contributed by atoms with Gasteiger partial charge in [-0.3, -0.25) is 0 Å². The molecule has 1 saturated carbocycles. The van der Waals surface area contributed by atoms with Gasteiger partial charge in [-0.1, -0.05) is 25.3 Å². The number of aromatic hydroxyl groups is 1. The molecule has 0 bridgehead atoms. The van der Waals surface area contributed by atoms with Gasteiger partial charge in [-0.15, -0.1) is 0 Å². The van der Waals surface area contributed by atoms with Crippen molar-refractivity contribution in [2.75, 3.05) is 0 Å². The molecule has 3 heteroatoms. The van der Waals surface area contributed by atoms with Crippen molar-refractivity contribution in [1.29, 1.82) is 0 Å². The fourth-order valence-electron chi connectivity index (χ4n) is 3.67. The number of carbonyl (C=O) groups is 1. The van der Waals surface area contributed by atoms with Crippen molar-refractivity contribution in [3.63, 3.8) is 0 Å². The van der Waals surface area contributed by atoms with Crippen LogP contribution in [0.5, 0.6) is 5.75 Å². The monoisotopic (exact) mass is 272 g/mol. The van der Waals surface area contributed by atoms with Crippen LogP contribution in [0.3, 0.4) is 0 Å². The summed E-state index contributed by atoms with van der Waals surface area (Å²) in [6.45, 7) is 0. The predicted molar refractivity (Wildman–Crippen MR) is 77.6 cm³/mol. The lowest BCUT2D eigenvalue weighted by molar-refractivity contribution is -0.132. The third kappa shape index (κ3) is 2.33. The summed E-state index contributed by atoms with van der Waals surface area (Å²) in [6.07, 6.45) is 7.11. The van der Waals surface area contributed by atoms with Crippen LogP contribution in [0.15, 0.2) is 23.8 Å². The molecule has 0 radical (unpaired) electrons. The molecule has 106 valence electrons. The van der Waals surface area contributed by atoms with E-state index in [-0.39, 0.29) is 5.75 Å².